The Morgan fingerprint density at radius 2 is 2.15 bits per heavy atom. The molecule has 3 N–H and O–H groups in total. The van der Waals surface area contributed by atoms with Crippen molar-refractivity contribution in [3.05, 3.63) is 0 Å². The summed E-state index contributed by atoms with van der Waals surface area (Å²) in [5.41, 5.74) is 1.82. The van der Waals surface area contributed by atoms with Gasteiger partial charge < -0.3 is 4.90 Å². The molecule has 5 heteroatoms. The van der Waals surface area contributed by atoms with Gasteiger partial charge in [-0.25, -0.2) is 5.84 Å². The molecule has 0 atom stereocenters. The van der Waals surface area contributed by atoms with Crippen molar-refractivity contribution in [1.29, 1.82) is 0 Å². The average molecular weight is 185 g/mol. The van der Waals surface area contributed by atoms with Crippen LogP contribution in [-0.4, -0.2) is 30.3 Å². The number of rotatable bonds is 2. The number of hydrogen-bond acceptors (Lipinski definition) is 3. The maximum absolute atomic E-state index is 11.2. The van der Waals surface area contributed by atoms with Crippen LogP contribution in [0.1, 0.15) is 19.3 Å². The van der Waals surface area contributed by atoms with E-state index in [1.54, 1.807) is 7.05 Å². The van der Waals surface area contributed by atoms with Crippen molar-refractivity contribution in [1.82, 2.24) is 10.3 Å². The van der Waals surface area contributed by atoms with Gasteiger partial charge in [0.1, 0.15) is 0 Å². The largest absolute Gasteiger partial charge is 0.337 e. The van der Waals surface area contributed by atoms with Gasteiger partial charge in [0, 0.05) is 13.6 Å². The normalized spacial score (nSPS) is 16.2. The fourth-order valence-electron chi connectivity index (χ4n) is 1.38. The van der Waals surface area contributed by atoms with E-state index in [2.05, 4.69) is 0 Å². The molecule has 0 spiro atoms. The predicted octanol–water partition coefficient (Wildman–Crippen LogP) is -0.765. The third kappa shape index (κ3) is 2.42. The lowest BCUT2D eigenvalue weighted by Gasteiger charge is -2.29. The van der Waals surface area contributed by atoms with Crippen LogP contribution in [0, 0.1) is 5.92 Å². The predicted molar refractivity (Wildman–Crippen MR) is 47.3 cm³/mol. The number of carbonyl (C=O) groups excluding carboxylic acids is 2. The number of amides is 2. The summed E-state index contributed by atoms with van der Waals surface area (Å²) in [5, 5.41) is 0. The highest BCUT2D eigenvalue weighted by Crippen LogP contribution is 2.26. The highest BCUT2D eigenvalue weighted by Gasteiger charge is 2.24. The van der Waals surface area contributed by atoms with Crippen LogP contribution in [0.4, 0.5) is 0 Å². The Labute approximate surface area is 77.2 Å². The van der Waals surface area contributed by atoms with Crippen molar-refractivity contribution < 1.29 is 9.59 Å². The Bertz CT molecular complexity index is 213. The van der Waals surface area contributed by atoms with E-state index in [1.165, 1.54) is 11.3 Å². The van der Waals surface area contributed by atoms with Crippen LogP contribution >= 0.6 is 0 Å². The van der Waals surface area contributed by atoms with Crippen LogP contribution in [-0.2, 0) is 9.59 Å². The maximum atomic E-state index is 11.2. The van der Waals surface area contributed by atoms with Crippen LogP contribution in [0.15, 0.2) is 0 Å². The van der Waals surface area contributed by atoms with Crippen molar-refractivity contribution in [3.8, 4) is 0 Å². The minimum absolute atomic E-state index is 0.561. The van der Waals surface area contributed by atoms with Gasteiger partial charge >= 0.3 is 11.8 Å². The summed E-state index contributed by atoms with van der Waals surface area (Å²) in [4.78, 5) is 23.4. The van der Waals surface area contributed by atoms with Crippen molar-refractivity contribution in [2.24, 2.45) is 11.8 Å². The Hall–Kier alpha value is -1.10. The van der Waals surface area contributed by atoms with Crippen molar-refractivity contribution >= 4 is 11.8 Å². The molecule has 0 heterocycles. The molecule has 1 aliphatic rings. The molecule has 5 nitrogen and oxygen atoms in total. The topological polar surface area (TPSA) is 75.4 Å². The van der Waals surface area contributed by atoms with Gasteiger partial charge in [0.2, 0.25) is 0 Å². The highest BCUT2D eigenvalue weighted by atomic mass is 16.2. The summed E-state index contributed by atoms with van der Waals surface area (Å²) >= 11 is 0. The molecule has 1 fully saturated rings. The van der Waals surface area contributed by atoms with E-state index in [-0.39, 0.29) is 0 Å². The number of nitrogens with two attached hydrogens (primary N) is 1. The van der Waals surface area contributed by atoms with Gasteiger partial charge in [-0.1, -0.05) is 6.42 Å². The molecule has 0 radical (unpaired) electrons. The van der Waals surface area contributed by atoms with Crippen molar-refractivity contribution in [2.75, 3.05) is 13.6 Å². The fourth-order valence-corrected chi connectivity index (χ4v) is 1.38. The van der Waals surface area contributed by atoms with Crippen LogP contribution < -0.4 is 11.3 Å². The van der Waals surface area contributed by atoms with Gasteiger partial charge in [-0.05, 0) is 18.8 Å². The second-order valence-electron chi connectivity index (χ2n) is 3.46. The van der Waals surface area contributed by atoms with Gasteiger partial charge in [0.15, 0.2) is 0 Å². The van der Waals surface area contributed by atoms with E-state index >= 15 is 0 Å². The number of hydrogen-bond donors (Lipinski definition) is 2. The second-order valence-corrected chi connectivity index (χ2v) is 3.46. The minimum atomic E-state index is -0.748. The zero-order chi connectivity index (χ0) is 9.84. The van der Waals surface area contributed by atoms with Crippen molar-refractivity contribution in [3.63, 3.8) is 0 Å². The molecule has 0 aromatic heterocycles. The summed E-state index contributed by atoms with van der Waals surface area (Å²) in [6.45, 7) is 0.659. The average Bonchev–Trinajstić information content (AvgIpc) is 2.08. The van der Waals surface area contributed by atoms with Gasteiger partial charge in [0.05, 0.1) is 0 Å². The van der Waals surface area contributed by atoms with Crippen LogP contribution in [0.25, 0.3) is 0 Å². The Balaban J connectivity index is 2.32. The standard InChI is InChI=1S/C8H15N3O2/c1-11(5-6-3-2-4-6)8(13)7(12)10-9/h6H,2-5,9H2,1H3,(H,10,12). The Kier molecular flexibility index (Phi) is 3.25. The molecule has 2 amide bonds. The van der Waals surface area contributed by atoms with Crippen LogP contribution in [0.3, 0.4) is 0 Å². The minimum Gasteiger partial charge on any atom is -0.337 e. The van der Waals surface area contributed by atoms with Crippen LogP contribution in [0.2, 0.25) is 0 Å². The first-order valence-electron chi connectivity index (χ1n) is 4.41. The first kappa shape index (κ1) is 9.98. The number of nitrogens with zero attached hydrogens (tertiary/aromatic N) is 1. The summed E-state index contributed by atoms with van der Waals surface area (Å²) in [5.74, 6) is 4.10. The Morgan fingerprint density at radius 3 is 2.54 bits per heavy atom. The quantitative estimate of drug-likeness (QED) is 0.257. The monoisotopic (exact) mass is 185 g/mol. The zero-order valence-corrected chi connectivity index (χ0v) is 7.75. The molecule has 0 aromatic carbocycles. The molecule has 13 heavy (non-hydrogen) atoms. The molecule has 0 unspecified atom stereocenters. The van der Waals surface area contributed by atoms with E-state index in [4.69, 9.17) is 5.84 Å². The van der Waals surface area contributed by atoms with E-state index < -0.39 is 11.8 Å². The first-order valence-corrected chi connectivity index (χ1v) is 4.41. The fraction of sp³-hybridized carbons (Fsp3) is 0.750. The number of hydrazine groups is 1. The first-order chi connectivity index (χ1) is 6.15. The van der Waals surface area contributed by atoms with Gasteiger partial charge in [-0.3, -0.25) is 15.0 Å². The van der Waals surface area contributed by atoms with Gasteiger partial charge in [-0.15, -0.1) is 0 Å². The lowest BCUT2D eigenvalue weighted by molar-refractivity contribution is -0.145. The van der Waals surface area contributed by atoms with Crippen molar-refractivity contribution in [2.45, 2.75) is 19.3 Å². The molecular weight excluding hydrogens is 170 g/mol. The molecule has 0 bridgehead atoms. The van der Waals surface area contributed by atoms with Gasteiger partial charge in [0.25, 0.3) is 0 Å². The molecule has 0 aromatic rings. The third-order valence-electron chi connectivity index (χ3n) is 2.43. The summed E-state index contributed by atoms with van der Waals surface area (Å²) < 4.78 is 0. The number of carbonyl (C=O) groups is 2. The second kappa shape index (κ2) is 4.23. The molecule has 1 aliphatic carbocycles. The van der Waals surface area contributed by atoms with E-state index in [9.17, 15) is 9.59 Å². The number of likely N-dealkylation sites (N-methyl/N-ethyl adjacent to an activating group) is 1. The maximum Gasteiger partial charge on any atom is 0.323 e. The SMILES string of the molecule is CN(CC1CCC1)C(=O)C(=O)NN. The summed E-state index contributed by atoms with van der Waals surface area (Å²) in [6.07, 6.45) is 3.54. The lowest BCUT2D eigenvalue weighted by atomic mass is 9.85. The van der Waals surface area contributed by atoms with E-state index in [0.29, 0.717) is 12.5 Å². The molecule has 0 aliphatic heterocycles. The molecule has 74 valence electrons. The highest BCUT2D eigenvalue weighted by molar-refractivity contribution is 6.34. The molecule has 0 saturated heterocycles. The molecule has 1 rings (SSSR count). The Morgan fingerprint density at radius 1 is 1.54 bits per heavy atom. The molecular formula is C8H15N3O2. The van der Waals surface area contributed by atoms with E-state index in [1.807, 2.05) is 5.43 Å². The van der Waals surface area contributed by atoms with E-state index in [0.717, 1.165) is 12.8 Å². The lowest BCUT2D eigenvalue weighted by Crippen LogP contribution is -2.45. The zero-order valence-electron chi connectivity index (χ0n) is 7.75. The summed E-state index contributed by atoms with van der Waals surface area (Å²) in [6, 6.07) is 0. The van der Waals surface area contributed by atoms with Gasteiger partial charge in [-0.2, -0.15) is 0 Å². The third-order valence-corrected chi connectivity index (χ3v) is 2.43. The smallest absolute Gasteiger partial charge is 0.323 e. The number of nitrogens with one attached hydrogen (secondary N) is 1. The molecule has 1 saturated carbocycles. The van der Waals surface area contributed by atoms with Crippen LogP contribution in [0.5, 0.6) is 0 Å². The summed E-state index contributed by atoms with van der Waals surface area (Å²) in [7, 11) is 1.62.